The number of hydrogen-bond donors (Lipinski definition) is 1. The summed E-state index contributed by atoms with van der Waals surface area (Å²) < 4.78 is 37.6. The lowest BCUT2D eigenvalue weighted by Gasteiger charge is -2.26. The number of carbonyl (C=O) groups is 2. The van der Waals surface area contributed by atoms with E-state index in [0.717, 1.165) is 9.87 Å². The molecule has 1 fully saturated rings. The molecule has 0 unspecified atom stereocenters. The lowest BCUT2D eigenvalue weighted by atomic mass is 10.1. The number of sulfonamides is 1. The summed E-state index contributed by atoms with van der Waals surface area (Å²) in [5, 5.41) is 2.60. The average Bonchev–Trinajstić information content (AvgIpc) is 2.82. The number of methoxy groups -OCH3 is 2. The maximum Gasteiger partial charge on any atom is 0.254 e. The molecule has 1 aliphatic rings. The zero-order chi connectivity index (χ0) is 23.3. The summed E-state index contributed by atoms with van der Waals surface area (Å²) in [7, 11) is -0.791. The van der Waals surface area contributed by atoms with Crippen LogP contribution in [0.2, 0.25) is 0 Å². The molecule has 1 heterocycles. The number of benzene rings is 2. The molecule has 0 atom stereocenters. The highest BCUT2D eigenvalue weighted by Gasteiger charge is 2.30. The predicted molar refractivity (Wildman–Crippen MR) is 118 cm³/mol. The molecular weight excluding hydrogens is 434 g/mol. The van der Waals surface area contributed by atoms with Gasteiger partial charge in [-0.1, -0.05) is 12.1 Å². The van der Waals surface area contributed by atoms with E-state index in [1.54, 1.807) is 37.3 Å². The number of hydrogen-bond acceptors (Lipinski definition) is 6. The van der Waals surface area contributed by atoms with Crippen molar-refractivity contribution < 1.29 is 27.5 Å². The van der Waals surface area contributed by atoms with E-state index in [0.29, 0.717) is 24.6 Å². The molecule has 0 bridgehead atoms. The first-order valence-electron chi connectivity index (χ1n) is 10.2. The summed E-state index contributed by atoms with van der Waals surface area (Å²) in [6.07, 6.45) is 0. The second-order valence-corrected chi connectivity index (χ2v) is 9.16. The van der Waals surface area contributed by atoms with Crippen LogP contribution in [0.25, 0.3) is 0 Å². The lowest BCUT2D eigenvalue weighted by Crippen LogP contribution is -2.49. The van der Waals surface area contributed by atoms with Crippen LogP contribution < -0.4 is 14.8 Å². The smallest absolute Gasteiger partial charge is 0.254 e. The fraction of sp³-hybridized carbons (Fsp3) is 0.364. The van der Waals surface area contributed by atoms with Gasteiger partial charge in [0.25, 0.3) is 5.91 Å². The largest absolute Gasteiger partial charge is 0.493 e. The molecule has 1 saturated heterocycles. The van der Waals surface area contributed by atoms with Gasteiger partial charge in [-0.3, -0.25) is 9.59 Å². The quantitative estimate of drug-likeness (QED) is 0.639. The van der Waals surface area contributed by atoms with Gasteiger partial charge in [0.1, 0.15) is 0 Å². The number of nitrogens with zero attached hydrogens (tertiary/aromatic N) is 2. The second kappa shape index (κ2) is 10.0. The third kappa shape index (κ3) is 5.03. The minimum absolute atomic E-state index is 0.0137. The molecule has 10 heteroatoms. The van der Waals surface area contributed by atoms with Crippen LogP contribution in [0.1, 0.15) is 22.8 Å². The Morgan fingerprint density at radius 1 is 1.12 bits per heavy atom. The summed E-state index contributed by atoms with van der Waals surface area (Å²) in [5.41, 5.74) is 1.11. The number of rotatable bonds is 8. The molecule has 0 aromatic heterocycles. The molecule has 32 heavy (non-hydrogen) atoms. The monoisotopic (exact) mass is 461 g/mol. The summed E-state index contributed by atoms with van der Waals surface area (Å²) in [5.74, 6) is 0.511. The molecule has 0 saturated carbocycles. The minimum Gasteiger partial charge on any atom is -0.493 e. The van der Waals surface area contributed by atoms with Crippen molar-refractivity contribution >= 4 is 21.8 Å². The summed E-state index contributed by atoms with van der Waals surface area (Å²) in [6.45, 7) is 2.81. The highest BCUT2D eigenvalue weighted by Crippen LogP contribution is 2.28. The van der Waals surface area contributed by atoms with Gasteiger partial charge in [0.15, 0.2) is 11.5 Å². The molecule has 0 radical (unpaired) electrons. The number of piperazine rings is 1. The van der Waals surface area contributed by atoms with Crippen molar-refractivity contribution in [2.24, 2.45) is 0 Å². The van der Waals surface area contributed by atoms with Gasteiger partial charge in [-0.2, -0.15) is 4.31 Å². The van der Waals surface area contributed by atoms with E-state index in [4.69, 9.17) is 9.47 Å². The first-order chi connectivity index (χ1) is 15.3. The fourth-order valence-corrected chi connectivity index (χ4v) is 4.91. The van der Waals surface area contributed by atoms with Crippen molar-refractivity contribution in [2.75, 3.05) is 40.4 Å². The van der Waals surface area contributed by atoms with Crippen molar-refractivity contribution in [1.29, 1.82) is 0 Å². The third-order valence-corrected chi connectivity index (χ3v) is 7.05. The molecule has 9 nitrogen and oxygen atoms in total. The van der Waals surface area contributed by atoms with Crippen molar-refractivity contribution in [2.45, 2.75) is 18.4 Å². The maximum absolute atomic E-state index is 13.2. The first kappa shape index (κ1) is 23.6. The summed E-state index contributed by atoms with van der Waals surface area (Å²) >= 11 is 0. The Labute approximate surface area is 188 Å². The van der Waals surface area contributed by atoms with Crippen LogP contribution in [-0.2, 0) is 21.4 Å². The van der Waals surface area contributed by atoms with Gasteiger partial charge >= 0.3 is 0 Å². The Hall–Kier alpha value is -3.11. The van der Waals surface area contributed by atoms with E-state index in [9.17, 15) is 18.0 Å². The normalized spacial score (nSPS) is 14.5. The molecule has 0 aliphatic carbocycles. The summed E-state index contributed by atoms with van der Waals surface area (Å²) in [4.78, 5) is 26.4. The van der Waals surface area contributed by atoms with Gasteiger partial charge < -0.3 is 19.7 Å². The van der Waals surface area contributed by atoms with Gasteiger partial charge in [0.05, 0.1) is 25.7 Å². The third-order valence-electron chi connectivity index (χ3n) is 5.21. The highest BCUT2D eigenvalue weighted by molar-refractivity contribution is 7.89. The maximum atomic E-state index is 13.2. The van der Waals surface area contributed by atoms with E-state index in [2.05, 4.69) is 5.32 Å². The van der Waals surface area contributed by atoms with E-state index in [1.165, 1.54) is 18.2 Å². The number of ether oxygens (including phenoxy) is 2. The van der Waals surface area contributed by atoms with Crippen LogP contribution in [0.15, 0.2) is 47.4 Å². The van der Waals surface area contributed by atoms with E-state index in [1.807, 2.05) is 13.0 Å². The fourth-order valence-electron chi connectivity index (χ4n) is 3.47. The van der Waals surface area contributed by atoms with Crippen LogP contribution >= 0.6 is 0 Å². The molecule has 2 amide bonds. The predicted octanol–water partition coefficient (Wildman–Crippen LogP) is 1.49. The molecule has 172 valence electrons. The van der Waals surface area contributed by atoms with E-state index >= 15 is 0 Å². The van der Waals surface area contributed by atoms with Gasteiger partial charge in [-0.15, -0.1) is 0 Å². The van der Waals surface area contributed by atoms with Gasteiger partial charge in [-0.25, -0.2) is 8.42 Å². The van der Waals surface area contributed by atoms with Gasteiger partial charge in [-0.05, 0) is 42.8 Å². The van der Waals surface area contributed by atoms with Crippen molar-refractivity contribution in [1.82, 2.24) is 14.5 Å². The molecule has 2 aromatic rings. The van der Waals surface area contributed by atoms with Crippen LogP contribution in [0, 0.1) is 0 Å². The van der Waals surface area contributed by atoms with Gasteiger partial charge in [0, 0.05) is 31.7 Å². The number of nitrogens with one attached hydrogen (secondary N) is 1. The van der Waals surface area contributed by atoms with Crippen LogP contribution in [-0.4, -0.2) is 69.8 Å². The highest BCUT2D eigenvalue weighted by atomic mass is 32.2. The SMILES string of the molecule is CCN(Cc1ccc(OC)c(OC)c1)C(=O)c1cccc(S(=O)(=O)N2CCNC(=O)C2)c1. The van der Waals surface area contributed by atoms with Crippen LogP contribution in [0.5, 0.6) is 11.5 Å². The zero-order valence-electron chi connectivity index (χ0n) is 18.3. The molecule has 3 rings (SSSR count). The Bertz CT molecular complexity index is 1100. The Kier molecular flexibility index (Phi) is 7.37. The standard InChI is InChI=1S/C22H27N3O6S/c1-4-24(14-16-8-9-19(30-2)20(12-16)31-3)22(27)17-6-5-7-18(13-17)32(28,29)25-11-10-23-21(26)15-25/h5-9,12-13H,4,10-11,14-15H2,1-3H3,(H,23,26). The number of carbonyl (C=O) groups excluding carboxylic acids is 2. The lowest BCUT2D eigenvalue weighted by molar-refractivity contribution is -0.122. The average molecular weight is 462 g/mol. The molecular formula is C22H27N3O6S. The summed E-state index contributed by atoms with van der Waals surface area (Å²) in [6, 6.07) is 11.3. The second-order valence-electron chi connectivity index (χ2n) is 7.23. The topological polar surface area (TPSA) is 105 Å². The Balaban J connectivity index is 1.83. The Morgan fingerprint density at radius 2 is 1.88 bits per heavy atom. The van der Waals surface area contributed by atoms with Gasteiger partial charge in [0.2, 0.25) is 15.9 Å². The zero-order valence-corrected chi connectivity index (χ0v) is 19.1. The minimum atomic E-state index is -3.89. The van der Waals surface area contributed by atoms with Crippen molar-refractivity contribution in [3.63, 3.8) is 0 Å². The van der Waals surface area contributed by atoms with Crippen LogP contribution in [0.4, 0.5) is 0 Å². The molecule has 1 aliphatic heterocycles. The van der Waals surface area contributed by atoms with Crippen LogP contribution in [0.3, 0.4) is 0 Å². The number of amides is 2. The molecule has 1 N–H and O–H groups in total. The molecule has 2 aromatic carbocycles. The first-order valence-corrected chi connectivity index (χ1v) is 11.6. The molecule has 0 spiro atoms. The van der Waals surface area contributed by atoms with Crippen molar-refractivity contribution in [3.05, 3.63) is 53.6 Å². The Morgan fingerprint density at radius 3 is 2.53 bits per heavy atom. The van der Waals surface area contributed by atoms with Crippen molar-refractivity contribution in [3.8, 4) is 11.5 Å². The van der Waals surface area contributed by atoms with E-state index < -0.39 is 10.0 Å². The van der Waals surface area contributed by atoms with E-state index in [-0.39, 0.29) is 41.9 Å².